The molecule has 0 unspecified atom stereocenters. The molecule has 0 amide bonds. The zero-order valence-electron chi connectivity index (χ0n) is 12.0. The van der Waals surface area contributed by atoms with Crippen LogP contribution in [0.2, 0.25) is 0 Å². The molecule has 0 bridgehead atoms. The third-order valence-corrected chi connectivity index (χ3v) is 3.48. The largest absolute Gasteiger partial charge is 0.497 e. The van der Waals surface area contributed by atoms with Crippen LogP contribution >= 0.6 is 0 Å². The van der Waals surface area contributed by atoms with Crippen molar-refractivity contribution in [2.24, 2.45) is 0 Å². The van der Waals surface area contributed by atoms with E-state index in [4.69, 9.17) is 14.2 Å². The third-order valence-electron chi connectivity index (χ3n) is 3.48. The van der Waals surface area contributed by atoms with E-state index in [1.165, 1.54) is 0 Å². The van der Waals surface area contributed by atoms with E-state index in [-0.39, 0.29) is 5.78 Å². The predicted molar refractivity (Wildman–Crippen MR) is 78.6 cm³/mol. The molecule has 0 aromatic heterocycles. The summed E-state index contributed by atoms with van der Waals surface area (Å²) in [6.45, 7) is 2.94. The van der Waals surface area contributed by atoms with Crippen LogP contribution in [0.5, 0.6) is 17.2 Å². The second-order valence-electron chi connectivity index (χ2n) is 4.87. The molecule has 0 spiro atoms. The van der Waals surface area contributed by atoms with Gasteiger partial charge in [-0.25, -0.2) is 0 Å². The van der Waals surface area contributed by atoms with Crippen molar-refractivity contribution in [3.05, 3.63) is 53.1 Å². The zero-order valence-corrected chi connectivity index (χ0v) is 12.0. The van der Waals surface area contributed by atoms with Gasteiger partial charge in [-0.05, 0) is 48.9 Å². The number of hydrogen-bond donors (Lipinski definition) is 0. The number of ketones is 1. The summed E-state index contributed by atoms with van der Waals surface area (Å²) < 4.78 is 16.1. The molecule has 0 radical (unpaired) electrons. The Morgan fingerprint density at radius 2 is 1.81 bits per heavy atom. The fourth-order valence-corrected chi connectivity index (χ4v) is 2.36. The van der Waals surface area contributed by atoms with Gasteiger partial charge in [0.15, 0.2) is 17.3 Å². The van der Waals surface area contributed by atoms with Gasteiger partial charge in [-0.15, -0.1) is 0 Å². The van der Waals surface area contributed by atoms with Gasteiger partial charge in [-0.2, -0.15) is 0 Å². The Balaban J connectivity index is 1.95. The SMILES string of the molecule is COc1ccc(C(=O)c2ccc3c(c2)OCCO3)c(C)c1. The number of fused-ring (bicyclic) bond motifs is 1. The molecule has 4 heteroatoms. The molecule has 0 saturated heterocycles. The maximum absolute atomic E-state index is 12.6. The Morgan fingerprint density at radius 3 is 2.52 bits per heavy atom. The lowest BCUT2D eigenvalue weighted by atomic mass is 9.98. The minimum atomic E-state index is -0.0351. The Labute approximate surface area is 123 Å². The summed E-state index contributed by atoms with van der Waals surface area (Å²) in [7, 11) is 1.61. The van der Waals surface area contributed by atoms with Crippen molar-refractivity contribution in [1.29, 1.82) is 0 Å². The first-order valence-electron chi connectivity index (χ1n) is 6.78. The quantitative estimate of drug-likeness (QED) is 0.813. The molecule has 3 rings (SSSR count). The summed E-state index contributed by atoms with van der Waals surface area (Å²) in [6, 6.07) is 10.7. The van der Waals surface area contributed by atoms with Crippen molar-refractivity contribution in [3.8, 4) is 17.2 Å². The van der Waals surface area contributed by atoms with E-state index in [0.717, 1.165) is 11.3 Å². The Hall–Kier alpha value is -2.49. The number of benzene rings is 2. The van der Waals surface area contributed by atoms with Crippen molar-refractivity contribution in [3.63, 3.8) is 0 Å². The van der Waals surface area contributed by atoms with Crippen LogP contribution in [0.3, 0.4) is 0 Å². The van der Waals surface area contributed by atoms with Gasteiger partial charge >= 0.3 is 0 Å². The number of ether oxygens (including phenoxy) is 3. The highest BCUT2D eigenvalue weighted by Crippen LogP contribution is 2.32. The van der Waals surface area contributed by atoms with Crippen LogP contribution in [0, 0.1) is 6.92 Å². The Morgan fingerprint density at radius 1 is 1.05 bits per heavy atom. The molecule has 108 valence electrons. The summed E-state index contributed by atoms with van der Waals surface area (Å²) >= 11 is 0. The lowest BCUT2D eigenvalue weighted by molar-refractivity contribution is 0.103. The normalized spacial score (nSPS) is 12.9. The summed E-state index contributed by atoms with van der Waals surface area (Å²) in [4.78, 5) is 12.6. The average Bonchev–Trinajstić information content (AvgIpc) is 2.53. The number of aryl methyl sites for hydroxylation is 1. The minimum absolute atomic E-state index is 0.0351. The molecule has 0 aliphatic carbocycles. The van der Waals surface area contributed by atoms with E-state index in [2.05, 4.69) is 0 Å². The zero-order chi connectivity index (χ0) is 14.8. The Kier molecular flexibility index (Phi) is 3.52. The second-order valence-corrected chi connectivity index (χ2v) is 4.87. The molecular formula is C17H16O4. The van der Waals surface area contributed by atoms with Crippen molar-refractivity contribution in [2.45, 2.75) is 6.92 Å². The van der Waals surface area contributed by atoms with Gasteiger partial charge < -0.3 is 14.2 Å². The fourth-order valence-electron chi connectivity index (χ4n) is 2.36. The highest BCUT2D eigenvalue weighted by Gasteiger charge is 2.17. The van der Waals surface area contributed by atoms with Gasteiger partial charge in [0.1, 0.15) is 19.0 Å². The molecule has 0 saturated carbocycles. The molecule has 0 atom stereocenters. The molecule has 0 fully saturated rings. The summed E-state index contributed by atoms with van der Waals surface area (Å²) in [5.41, 5.74) is 2.13. The van der Waals surface area contributed by atoms with Crippen molar-refractivity contribution in [1.82, 2.24) is 0 Å². The molecule has 4 nitrogen and oxygen atoms in total. The average molecular weight is 284 g/mol. The van der Waals surface area contributed by atoms with Crippen LogP contribution in [0.1, 0.15) is 21.5 Å². The highest BCUT2D eigenvalue weighted by atomic mass is 16.6. The van der Waals surface area contributed by atoms with E-state index in [9.17, 15) is 4.79 Å². The fraction of sp³-hybridized carbons (Fsp3) is 0.235. The first-order valence-corrected chi connectivity index (χ1v) is 6.78. The van der Waals surface area contributed by atoms with Crippen molar-refractivity contribution in [2.75, 3.05) is 20.3 Å². The topological polar surface area (TPSA) is 44.8 Å². The monoisotopic (exact) mass is 284 g/mol. The van der Waals surface area contributed by atoms with Crippen LogP contribution in [-0.2, 0) is 0 Å². The summed E-state index contributed by atoms with van der Waals surface area (Å²) in [5.74, 6) is 2.01. The maximum Gasteiger partial charge on any atom is 0.193 e. The van der Waals surface area contributed by atoms with Crippen LogP contribution in [0.25, 0.3) is 0 Å². The van der Waals surface area contributed by atoms with E-state index < -0.39 is 0 Å². The molecule has 0 N–H and O–H groups in total. The maximum atomic E-state index is 12.6. The third kappa shape index (κ3) is 2.57. The molecular weight excluding hydrogens is 268 g/mol. The Bertz CT molecular complexity index is 691. The number of hydrogen-bond acceptors (Lipinski definition) is 4. The first-order chi connectivity index (χ1) is 10.2. The van der Waals surface area contributed by atoms with Crippen LogP contribution in [0.15, 0.2) is 36.4 Å². The number of carbonyl (C=O) groups excluding carboxylic acids is 1. The van der Waals surface area contributed by atoms with E-state index in [0.29, 0.717) is 35.8 Å². The second kappa shape index (κ2) is 5.48. The van der Waals surface area contributed by atoms with E-state index >= 15 is 0 Å². The number of methoxy groups -OCH3 is 1. The summed E-state index contributed by atoms with van der Waals surface area (Å²) in [5, 5.41) is 0. The van der Waals surface area contributed by atoms with E-state index in [1.807, 2.05) is 13.0 Å². The lowest BCUT2D eigenvalue weighted by Gasteiger charge is -2.18. The molecule has 1 aliphatic rings. The van der Waals surface area contributed by atoms with Gasteiger partial charge in [0.25, 0.3) is 0 Å². The van der Waals surface area contributed by atoms with Gasteiger partial charge in [0.05, 0.1) is 7.11 Å². The molecule has 2 aromatic carbocycles. The first kappa shape index (κ1) is 13.5. The molecule has 1 aliphatic heterocycles. The van der Waals surface area contributed by atoms with Gasteiger partial charge in [0, 0.05) is 11.1 Å². The molecule has 1 heterocycles. The summed E-state index contributed by atoms with van der Waals surface area (Å²) in [6.07, 6.45) is 0. The van der Waals surface area contributed by atoms with Crippen LogP contribution < -0.4 is 14.2 Å². The minimum Gasteiger partial charge on any atom is -0.497 e. The predicted octanol–water partition coefficient (Wildman–Crippen LogP) is 3.01. The number of rotatable bonds is 3. The van der Waals surface area contributed by atoms with E-state index in [1.54, 1.807) is 37.4 Å². The lowest BCUT2D eigenvalue weighted by Crippen LogP contribution is -2.16. The van der Waals surface area contributed by atoms with Gasteiger partial charge in [0.2, 0.25) is 0 Å². The highest BCUT2D eigenvalue weighted by molar-refractivity contribution is 6.10. The van der Waals surface area contributed by atoms with Crippen LogP contribution in [0.4, 0.5) is 0 Å². The van der Waals surface area contributed by atoms with Gasteiger partial charge in [-0.1, -0.05) is 0 Å². The van der Waals surface area contributed by atoms with Crippen molar-refractivity contribution < 1.29 is 19.0 Å². The smallest absolute Gasteiger partial charge is 0.193 e. The van der Waals surface area contributed by atoms with Crippen LogP contribution in [-0.4, -0.2) is 26.1 Å². The number of carbonyl (C=O) groups is 1. The molecule has 21 heavy (non-hydrogen) atoms. The molecule has 2 aromatic rings. The van der Waals surface area contributed by atoms with Gasteiger partial charge in [-0.3, -0.25) is 4.79 Å². The standard InChI is InChI=1S/C17H16O4/c1-11-9-13(19-2)4-5-14(11)17(18)12-3-6-15-16(10-12)21-8-7-20-15/h3-6,9-10H,7-8H2,1-2H3. The van der Waals surface area contributed by atoms with Crippen molar-refractivity contribution >= 4 is 5.78 Å².